The Balaban J connectivity index is 2.58. The van der Waals surface area contributed by atoms with Crippen molar-refractivity contribution in [3.05, 3.63) is 36.4 Å². The largest absolute Gasteiger partial charge is 0.402 e. The number of halogens is 3. The SMILES string of the molecule is CN(CC(F)(F)F)S(=O)(=O)c1ccc(N)c2ccccc12. The van der Waals surface area contributed by atoms with E-state index in [1.54, 1.807) is 18.2 Å². The molecule has 0 spiro atoms. The van der Waals surface area contributed by atoms with E-state index in [2.05, 4.69) is 0 Å². The number of alkyl halides is 3. The van der Waals surface area contributed by atoms with Crippen molar-refractivity contribution < 1.29 is 21.6 Å². The first-order valence-electron chi connectivity index (χ1n) is 5.93. The molecule has 0 aliphatic heterocycles. The van der Waals surface area contributed by atoms with Gasteiger partial charge in [-0.15, -0.1) is 0 Å². The first kappa shape index (κ1) is 15.6. The standard InChI is InChI=1S/C13H13F3N2O2S/c1-18(8-13(14,15)16)21(19,20)12-7-6-11(17)9-4-2-3-5-10(9)12/h2-7H,8,17H2,1H3. The lowest BCUT2D eigenvalue weighted by molar-refractivity contribution is -0.134. The third-order valence-corrected chi connectivity index (χ3v) is 4.87. The minimum absolute atomic E-state index is 0.195. The van der Waals surface area contributed by atoms with Crippen LogP contribution >= 0.6 is 0 Å². The summed E-state index contributed by atoms with van der Waals surface area (Å²) in [5.41, 5.74) is 6.12. The highest BCUT2D eigenvalue weighted by Crippen LogP contribution is 2.30. The van der Waals surface area contributed by atoms with Crippen LogP contribution in [0.2, 0.25) is 0 Å². The van der Waals surface area contributed by atoms with E-state index in [4.69, 9.17) is 5.73 Å². The fourth-order valence-corrected chi connectivity index (χ4v) is 3.37. The molecule has 4 nitrogen and oxygen atoms in total. The minimum Gasteiger partial charge on any atom is -0.398 e. The van der Waals surface area contributed by atoms with Crippen LogP contribution in [-0.4, -0.2) is 32.5 Å². The van der Waals surface area contributed by atoms with Crippen molar-refractivity contribution in [3.63, 3.8) is 0 Å². The fourth-order valence-electron chi connectivity index (χ4n) is 2.03. The van der Waals surface area contributed by atoms with Crippen LogP contribution in [0.15, 0.2) is 41.3 Å². The third-order valence-electron chi connectivity index (χ3n) is 3.01. The fraction of sp³-hybridized carbons (Fsp3) is 0.231. The quantitative estimate of drug-likeness (QED) is 0.885. The van der Waals surface area contributed by atoms with Gasteiger partial charge in [0.2, 0.25) is 10.0 Å². The van der Waals surface area contributed by atoms with Crippen molar-refractivity contribution >= 4 is 26.5 Å². The van der Waals surface area contributed by atoms with Gasteiger partial charge in [0, 0.05) is 23.5 Å². The van der Waals surface area contributed by atoms with Crippen LogP contribution in [0, 0.1) is 0 Å². The monoisotopic (exact) mass is 318 g/mol. The molecule has 0 atom stereocenters. The molecule has 2 aromatic rings. The Kier molecular flexibility index (Phi) is 3.85. The molecule has 2 aromatic carbocycles. The van der Waals surface area contributed by atoms with Crippen LogP contribution in [0.3, 0.4) is 0 Å². The summed E-state index contributed by atoms with van der Waals surface area (Å²) < 4.78 is 62.1. The van der Waals surface area contributed by atoms with E-state index in [1.807, 2.05) is 0 Å². The molecule has 0 aliphatic rings. The second kappa shape index (κ2) is 5.19. The molecule has 0 aromatic heterocycles. The average molecular weight is 318 g/mol. The predicted molar refractivity (Wildman–Crippen MR) is 74.2 cm³/mol. The summed E-state index contributed by atoms with van der Waals surface area (Å²) in [6.07, 6.45) is -4.61. The molecule has 21 heavy (non-hydrogen) atoms. The maximum absolute atomic E-state index is 12.4. The maximum Gasteiger partial charge on any atom is 0.402 e. The summed E-state index contributed by atoms with van der Waals surface area (Å²) in [7, 11) is -3.36. The first-order valence-corrected chi connectivity index (χ1v) is 7.37. The van der Waals surface area contributed by atoms with Gasteiger partial charge in [0.25, 0.3) is 0 Å². The molecule has 0 unspecified atom stereocenters. The predicted octanol–water partition coefficient (Wildman–Crippen LogP) is 2.60. The summed E-state index contributed by atoms with van der Waals surface area (Å²) in [5, 5.41) is 0.783. The Labute approximate surface area is 120 Å². The zero-order chi connectivity index (χ0) is 15.8. The molecule has 0 heterocycles. The summed E-state index contributed by atoms with van der Waals surface area (Å²) in [5.74, 6) is 0. The van der Waals surface area contributed by atoms with Crippen LogP contribution < -0.4 is 5.73 Å². The Morgan fingerprint density at radius 1 is 1.10 bits per heavy atom. The molecule has 0 saturated heterocycles. The highest BCUT2D eigenvalue weighted by atomic mass is 32.2. The van der Waals surface area contributed by atoms with Crippen LogP contribution in [-0.2, 0) is 10.0 Å². The van der Waals surface area contributed by atoms with Gasteiger partial charge < -0.3 is 5.73 Å². The Hall–Kier alpha value is -1.80. The van der Waals surface area contributed by atoms with Crippen LogP contribution in [0.25, 0.3) is 10.8 Å². The number of benzene rings is 2. The van der Waals surface area contributed by atoms with E-state index in [0.717, 1.165) is 7.05 Å². The molecule has 2 rings (SSSR count). The van der Waals surface area contributed by atoms with E-state index in [9.17, 15) is 21.6 Å². The molecule has 0 amide bonds. The number of sulfonamides is 1. The van der Waals surface area contributed by atoms with E-state index >= 15 is 0 Å². The molecular weight excluding hydrogens is 305 g/mol. The average Bonchev–Trinajstić information content (AvgIpc) is 2.37. The minimum atomic E-state index is -4.61. The van der Waals surface area contributed by atoms with Gasteiger partial charge in [-0.1, -0.05) is 24.3 Å². The number of fused-ring (bicyclic) bond motifs is 1. The van der Waals surface area contributed by atoms with Crippen LogP contribution in [0.5, 0.6) is 0 Å². The van der Waals surface area contributed by atoms with Gasteiger partial charge in [-0.25, -0.2) is 8.42 Å². The molecule has 0 aliphatic carbocycles. The van der Waals surface area contributed by atoms with Gasteiger partial charge >= 0.3 is 6.18 Å². The Bertz CT molecular complexity index is 773. The molecule has 0 fully saturated rings. The molecule has 8 heteroatoms. The number of hydrogen-bond donors (Lipinski definition) is 1. The van der Waals surface area contributed by atoms with Gasteiger partial charge in [0.15, 0.2) is 0 Å². The van der Waals surface area contributed by atoms with Crippen molar-refractivity contribution in [1.82, 2.24) is 4.31 Å². The van der Waals surface area contributed by atoms with Gasteiger partial charge in [-0.05, 0) is 12.1 Å². The van der Waals surface area contributed by atoms with Crippen molar-refractivity contribution in [3.8, 4) is 0 Å². The summed E-state index contributed by atoms with van der Waals surface area (Å²) in [6, 6.07) is 9.00. The number of nitrogen functional groups attached to an aromatic ring is 1. The first-order chi connectivity index (χ1) is 9.63. The van der Waals surface area contributed by atoms with Crippen molar-refractivity contribution in [2.75, 3.05) is 19.3 Å². The van der Waals surface area contributed by atoms with Gasteiger partial charge in [0.1, 0.15) is 6.54 Å². The lowest BCUT2D eigenvalue weighted by Crippen LogP contribution is -2.35. The Morgan fingerprint density at radius 2 is 1.67 bits per heavy atom. The molecule has 0 saturated carbocycles. The number of hydrogen-bond acceptors (Lipinski definition) is 3. The highest BCUT2D eigenvalue weighted by molar-refractivity contribution is 7.89. The van der Waals surface area contributed by atoms with Crippen LogP contribution in [0.4, 0.5) is 18.9 Å². The third kappa shape index (κ3) is 3.11. The number of nitrogens with zero attached hydrogens (tertiary/aromatic N) is 1. The lowest BCUT2D eigenvalue weighted by atomic mass is 10.1. The van der Waals surface area contributed by atoms with E-state index in [0.29, 0.717) is 16.5 Å². The van der Waals surface area contributed by atoms with Gasteiger partial charge in [0.05, 0.1) is 4.90 Å². The topological polar surface area (TPSA) is 63.4 Å². The van der Waals surface area contributed by atoms with Crippen molar-refractivity contribution in [2.24, 2.45) is 0 Å². The zero-order valence-corrected chi connectivity index (χ0v) is 11.9. The molecular formula is C13H13F3N2O2S. The lowest BCUT2D eigenvalue weighted by Gasteiger charge is -2.20. The highest BCUT2D eigenvalue weighted by Gasteiger charge is 2.35. The summed E-state index contributed by atoms with van der Waals surface area (Å²) in [4.78, 5) is -0.195. The zero-order valence-electron chi connectivity index (χ0n) is 11.1. The number of rotatable bonds is 3. The van der Waals surface area contributed by atoms with E-state index < -0.39 is 22.7 Å². The molecule has 0 radical (unpaired) electrons. The van der Waals surface area contributed by atoms with Gasteiger partial charge in [-0.2, -0.15) is 17.5 Å². The number of nitrogens with two attached hydrogens (primary N) is 1. The van der Waals surface area contributed by atoms with Crippen LogP contribution in [0.1, 0.15) is 0 Å². The van der Waals surface area contributed by atoms with Gasteiger partial charge in [-0.3, -0.25) is 0 Å². The van der Waals surface area contributed by atoms with E-state index in [-0.39, 0.29) is 9.20 Å². The summed E-state index contributed by atoms with van der Waals surface area (Å²) in [6.45, 7) is -1.55. The second-order valence-electron chi connectivity index (χ2n) is 4.57. The normalized spacial score (nSPS) is 13.0. The summed E-state index contributed by atoms with van der Waals surface area (Å²) >= 11 is 0. The molecule has 114 valence electrons. The van der Waals surface area contributed by atoms with E-state index in [1.165, 1.54) is 18.2 Å². The smallest absolute Gasteiger partial charge is 0.398 e. The maximum atomic E-state index is 12.4. The second-order valence-corrected chi connectivity index (χ2v) is 6.59. The molecule has 0 bridgehead atoms. The molecule has 2 N–H and O–H groups in total. The van der Waals surface area contributed by atoms with Crippen molar-refractivity contribution in [1.29, 1.82) is 0 Å². The number of anilines is 1. The Morgan fingerprint density at radius 3 is 2.24 bits per heavy atom. The van der Waals surface area contributed by atoms with Crippen molar-refractivity contribution in [2.45, 2.75) is 11.1 Å².